The highest BCUT2D eigenvalue weighted by atomic mass is 16.6. The number of hydrogen-bond donors (Lipinski definition) is 0. The number of fused-ring (bicyclic) bond motifs is 1. The van der Waals surface area contributed by atoms with E-state index in [0.717, 1.165) is 29.9 Å². The van der Waals surface area contributed by atoms with Gasteiger partial charge < -0.3 is 14.4 Å². The second kappa shape index (κ2) is 7.71. The zero-order valence-electron chi connectivity index (χ0n) is 14.1. The van der Waals surface area contributed by atoms with Gasteiger partial charge in [0.25, 0.3) is 0 Å². The Kier molecular flexibility index (Phi) is 5.42. The van der Waals surface area contributed by atoms with E-state index in [0.29, 0.717) is 25.7 Å². The van der Waals surface area contributed by atoms with Crippen LogP contribution >= 0.6 is 0 Å². The lowest BCUT2D eigenvalue weighted by Crippen LogP contribution is -2.38. The van der Waals surface area contributed by atoms with E-state index in [4.69, 9.17) is 9.47 Å². The molecule has 0 saturated heterocycles. The Bertz CT molecular complexity index is 535. The third-order valence-corrected chi connectivity index (χ3v) is 4.98. The van der Waals surface area contributed by atoms with Gasteiger partial charge in [0, 0.05) is 13.1 Å². The van der Waals surface area contributed by atoms with Gasteiger partial charge in [0.1, 0.15) is 13.2 Å². The van der Waals surface area contributed by atoms with Crippen LogP contribution in [0.15, 0.2) is 18.2 Å². The summed E-state index contributed by atoms with van der Waals surface area (Å²) in [5.74, 6) is 1.74. The number of benzene rings is 1. The molecule has 4 nitrogen and oxygen atoms in total. The van der Waals surface area contributed by atoms with Gasteiger partial charge in [-0.3, -0.25) is 4.79 Å². The van der Waals surface area contributed by atoms with E-state index in [1.165, 1.54) is 32.1 Å². The minimum absolute atomic E-state index is 0.201. The van der Waals surface area contributed by atoms with Crippen molar-refractivity contribution < 1.29 is 14.3 Å². The molecule has 1 heterocycles. The van der Waals surface area contributed by atoms with Gasteiger partial charge in [0.15, 0.2) is 11.5 Å². The molecule has 0 atom stereocenters. The molecule has 0 unspecified atom stereocenters. The van der Waals surface area contributed by atoms with E-state index in [2.05, 4.69) is 0 Å². The molecule has 23 heavy (non-hydrogen) atoms. The number of hydrogen-bond acceptors (Lipinski definition) is 3. The Balaban J connectivity index is 1.61. The fourth-order valence-corrected chi connectivity index (χ4v) is 3.52. The van der Waals surface area contributed by atoms with Crippen molar-refractivity contribution in [2.75, 3.05) is 20.3 Å². The molecule has 0 bridgehead atoms. The largest absolute Gasteiger partial charge is 0.486 e. The molecule has 4 heteroatoms. The summed E-state index contributed by atoms with van der Waals surface area (Å²) >= 11 is 0. The minimum Gasteiger partial charge on any atom is -0.486 e. The molecule has 1 aliphatic heterocycles. The summed E-state index contributed by atoms with van der Waals surface area (Å²) < 4.78 is 11.1. The quantitative estimate of drug-likeness (QED) is 0.855. The van der Waals surface area contributed by atoms with E-state index >= 15 is 0 Å². The highest BCUT2D eigenvalue weighted by Gasteiger charge is 2.21. The molecule has 1 aromatic rings. The molecule has 0 spiro atoms. The number of carbonyl (C=O) groups excluding carboxylic acids is 1. The van der Waals surface area contributed by atoms with Crippen LogP contribution in [0.3, 0.4) is 0 Å². The first-order valence-corrected chi connectivity index (χ1v) is 8.88. The number of nitrogens with zero attached hydrogens (tertiary/aromatic N) is 1. The van der Waals surface area contributed by atoms with Gasteiger partial charge in [-0.05, 0) is 30.5 Å². The molecule has 1 aliphatic carbocycles. The summed E-state index contributed by atoms with van der Waals surface area (Å²) in [6, 6.07) is 6.22. The van der Waals surface area contributed by atoms with Crippen LogP contribution in [0.25, 0.3) is 0 Å². The molecule has 0 N–H and O–H groups in total. The third kappa shape index (κ3) is 4.18. The third-order valence-electron chi connectivity index (χ3n) is 4.98. The topological polar surface area (TPSA) is 38.8 Å². The van der Waals surface area contributed by atoms with Gasteiger partial charge in [0.2, 0.25) is 5.91 Å². The lowest BCUT2D eigenvalue weighted by Gasteiger charge is -2.30. The SMILES string of the molecule is CN(C(=O)Cc1ccc2c(c1)OCCO2)C1CCCCCCC1. The number of rotatable bonds is 3. The van der Waals surface area contributed by atoms with Crippen LogP contribution in [0.5, 0.6) is 11.5 Å². The summed E-state index contributed by atoms with van der Waals surface area (Å²) in [5, 5.41) is 0. The second-order valence-corrected chi connectivity index (χ2v) is 6.66. The van der Waals surface area contributed by atoms with Crippen molar-refractivity contribution in [1.82, 2.24) is 4.90 Å². The first-order chi connectivity index (χ1) is 11.2. The van der Waals surface area contributed by atoms with Crippen LogP contribution in [-0.4, -0.2) is 37.1 Å². The van der Waals surface area contributed by atoms with E-state index in [-0.39, 0.29) is 5.91 Å². The van der Waals surface area contributed by atoms with Crippen molar-refractivity contribution in [3.8, 4) is 11.5 Å². The monoisotopic (exact) mass is 317 g/mol. The van der Waals surface area contributed by atoms with Crippen molar-refractivity contribution in [2.24, 2.45) is 0 Å². The van der Waals surface area contributed by atoms with Gasteiger partial charge in [-0.25, -0.2) is 0 Å². The van der Waals surface area contributed by atoms with Crippen LogP contribution in [0.2, 0.25) is 0 Å². The van der Waals surface area contributed by atoms with Crippen LogP contribution < -0.4 is 9.47 Å². The van der Waals surface area contributed by atoms with Gasteiger partial charge in [-0.15, -0.1) is 0 Å². The predicted molar refractivity (Wildman–Crippen MR) is 90.0 cm³/mol. The smallest absolute Gasteiger partial charge is 0.226 e. The highest BCUT2D eigenvalue weighted by Crippen LogP contribution is 2.31. The van der Waals surface area contributed by atoms with Crippen LogP contribution in [-0.2, 0) is 11.2 Å². The van der Waals surface area contributed by atoms with Crippen molar-refractivity contribution in [3.63, 3.8) is 0 Å². The summed E-state index contributed by atoms with van der Waals surface area (Å²) in [4.78, 5) is 14.6. The fraction of sp³-hybridized carbons (Fsp3) is 0.632. The van der Waals surface area contributed by atoms with E-state index < -0.39 is 0 Å². The predicted octanol–water partition coefficient (Wildman–Crippen LogP) is 3.57. The average Bonchev–Trinajstić information content (AvgIpc) is 2.54. The molecule has 3 rings (SSSR count). The van der Waals surface area contributed by atoms with Crippen molar-refractivity contribution >= 4 is 5.91 Å². The zero-order valence-corrected chi connectivity index (χ0v) is 14.1. The average molecular weight is 317 g/mol. The van der Waals surface area contributed by atoms with Gasteiger partial charge in [-0.2, -0.15) is 0 Å². The summed E-state index contributed by atoms with van der Waals surface area (Å²) in [7, 11) is 1.96. The van der Waals surface area contributed by atoms with Gasteiger partial charge >= 0.3 is 0 Å². The minimum atomic E-state index is 0.201. The van der Waals surface area contributed by atoms with Crippen LogP contribution in [0.1, 0.15) is 50.5 Å². The first kappa shape index (κ1) is 16.2. The maximum absolute atomic E-state index is 12.6. The molecule has 1 saturated carbocycles. The highest BCUT2D eigenvalue weighted by molar-refractivity contribution is 5.79. The van der Waals surface area contributed by atoms with Gasteiger partial charge in [-0.1, -0.05) is 38.2 Å². The van der Waals surface area contributed by atoms with Gasteiger partial charge in [0.05, 0.1) is 6.42 Å². The second-order valence-electron chi connectivity index (χ2n) is 6.66. The Labute approximate surface area is 138 Å². The molecule has 1 aromatic carbocycles. The van der Waals surface area contributed by atoms with Crippen molar-refractivity contribution in [3.05, 3.63) is 23.8 Å². The Hall–Kier alpha value is -1.71. The summed E-state index contributed by atoms with van der Waals surface area (Å²) in [5.41, 5.74) is 0.997. The Morgan fingerprint density at radius 3 is 2.43 bits per heavy atom. The number of carbonyl (C=O) groups is 1. The standard InChI is InChI=1S/C19H27NO3/c1-20(16-7-5-3-2-4-6-8-16)19(21)14-15-9-10-17-18(13-15)23-12-11-22-17/h9-10,13,16H,2-8,11-12,14H2,1H3. The van der Waals surface area contributed by atoms with Crippen LogP contribution in [0, 0.1) is 0 Å². The fourth-order valence-electron chi connectivity index (χ4n) is 3.52. The first-order valence-electron chi connectivity index (χ1n) is 8.88. The van der Waals surface area contributed by atoms with Crippen molar-refractivity contribution in [2.45, 2.75) is 57.4 Å². The molecular formula is C19H27NO3. The molecule has 0 radical (unpaired) electrons. The maximum Gasteiger partial charge on any atom is 0.226 e. The van der Waals surface area contributed by atoms with E-state index in [1.54, 1.807) is 0 Å². The maximum atomic E-state index is 12.6. The molecule has 1 fully saturated rings. The van der Waals surface area contributed by atoms with Crippen LogP contribution in [0.4, 0.5) is 0 Å². The molecule has 126 valence electrons. The molecular weight excluding hydrogens is 290 g/mol. The lowest BCUT2D eigenvalue weighted by molar-refractivity contribution is -0.131. The number of likely N-dealkylation sites (N-methyl/N-ethyl adjacent to an activating group) is 1. The summed E-state index contributed by atoms with van der Waals surface area (Å²) in [6.07, 6.45) is 9.16. The lowest BCUT2D eigenvalue weighted by atomic mass is 9.95. The Morgan fingerprint density at radius 2 is 1.70 bits per heavy atom. The molecule has 1 amide bonds. The normalized spacial score (nSPS) is 18.8. The number of ether oxygens (including phenoxy) is 2. The molecule has 2 aliphatic rings. The van der Waals surface area contributed by atoms with E-state index in [9.17, 15) is 4.79 Å². The van der Waals surface area contributed by atoms with Crippen molar-refractivity contribution in [1.29, 1.82) is 0 Å². The molecule has 0 aromatic heterocycles. The Morgan fingerprint density at radius 1 is 1.04 bits per heavy atom. The van der Waals surface area contributed by atoms with E-state index in [1.807, 2.05) is 30.1 Å². The summed E-state index contributed by atoms with van der Waals surface area (Å²) in [6.45, 7) is 1.17. The number of amides is 1. The zero-order chi connectivity index (χ0) is 16.1.